The third-order valence-corrected chi connectivity index (χ3v) is 7.76. The molecule has 1 aliphatic heterocycles. The van der Waals surface area contributed by atoms with E-state index in [1.54, 1.807) is 17.5 Å². The van der Waals surface area contributed by atoms with Gasteiger partial charge in [-0.2, -0.15) is 0 Å². The smallest absolute Gasteiger partial charge is 0.255 e. The van der Waals surface area contributed by atoms with Gasteiger partial charge in [0.15, 0.2) is 0 Å². The maximum atomic E-state index is 13.6. The van der Waals surface area contributed by atoms with E-state index < -0.39 is 0 Å². The summed E-state index contributed by atoms with van der Waals surface area (Å²) in [7, 11) is 1.98. The van der Waals surface area contributed by atoms with Gasteiger partial charge < -0.3 is 9.47 Å². The summed E-state index contributed by atoms with van der Waals surface area (Å²) in [5.74, 6) is 0.756. The van der Waals surface area contributed by atoms with Crippen molar-refractivity contribution in [1.29, 1.82) is 0 Å². The van der Waals surface area contributed by atoms with Gasteiger partial charge in [0, 0.05) is 79.4 Å². The summed E-state index contributed by atoms with van der Waals surface area (Å²) in [4.78, 5) is 31.7. The number of amides is 1. The number of aromatic nitrogens is 4. The molecule has 9 heteroatoms. The Morgan fingerprint density at radius 2 is 1.89 bits per heavy atom. The second kappa shape index (κ2) is 9.57. The Morgan fingerprint density at radius 1 is 1.14 bits per heavy atom. The number of aryl methyl sites for hydroxylation is 2. The van der Waals surface area contributed by atoms with Crippen LogP contribution in [0, 0.1) is 6.92 Å². The van der Waals surface area contributed by atoms with E-state index in [-0.39, 0.29) is 11.3 Å². The molecule has 1 amide bonds. The number of hydrogen-bond donors (Lipinski definition) is 0. The first-order valence-electron chi connectivity index (χ1n) is 12.2. The molecule has 0 bridgehead atoms. The minimum atomic E-state index is -0.161. The van der Waals surface area contributed by atoms with Crippen LogP contribution in [-0.4, -0.2) is 61.4 Å². The molecule has 36 heavy (non-hydrogen) atoms. The van der Waals surface area contributed by atoms with E-state index in [4.69, 9.17) is 16.6 Å². The minimum absolute atomic E-state index is 0.0288. The molecular weight excluding hydrogens is 492 g/mol. The zero-order valence-corrected chi connectivity index (χ0v) is 22.9. The van der Waals surface area contributed by atoms with Gasteiger partial charge in [0.1, 0.15) is 5.82 Å². The van der Waals surface area contributed by atoms with Crippen LogP contribution in [0.4, 0.5) is 0 Å². The number of thiazole rings is 1. The van der Waals surface area contributed by atoms with Crippen LogP contribution in [0.1, 0.15) is 47.7 Å². The van der Waals surface area contributed by atoms with E-state index in [0.29, 0.717) is 23.7 Å². The number of halogens is 1. The lowest BCUT2D eigenvalue weighted by Crippen LogP contribution is -2.48. The van der Waals surface area contributed by atoms with Crippen LogP contribution in [-0.2, 0) is 19.0 Å². The predicted molar refractivity (Wildman–Crippen MR) is 146 cm³/mol. The number of fused-ring (bicyclic) bond motifs is 1. The van der Waals surface area contributed by atoms with Crippen LogP contribution >= 0.6 is 22.9 Å². The van der Waals surface area contributed by atoms with Gasteiger partial charge in [-0.15, -0.1) is 11.3 Å². The van der Waals surface area contributed by atoms with E-state index in [2.05, 4.69) is 41.0 Å². The van der Waals surface area contributed by atoms with Gasteiger partial charge in [-0.25, -0.2) is 15.0 Å². The second-order valence-corrected chi connectivity index (χ2v) is 11.9. The lowest BCUT2D eigenvalue weighted by Gasteiger charge is -2.34. The molecule has 4 heterocycles. The largest absolute Gasteiger partial charge is 0.350 e. The molecule has 4 aromatic rings. The summed E-state index contributed by atoms with van der Waals surface area (Å²) in [6, 6.07) is 5.74. The maximum absolute atomic E-state index is 13.6. The summed E-state index contributed by atoms with van der Waals surface area (Å²) >= 11 is 8.34. The fourth-order valence-corrected chi connectivity index (χ4v) is 5.47. The van der Waals surface area contributed by atoms with Crippen molar-refractivity contribution in [2.75, 3.05) is 26.2 Å². The van der Waals surface area contributed by atoms with Gasteiger partial charge in [-0.3, -0.25) is 9.69 Å². The monoisotopic (exact) mass is 522 g/mol. The Labute approximate surface area is 220 Å². The molecule has 0 N–H and O–H groups in total. The number of carbonyl (C=O) groups is 1. The molecule has 0 spiro atoms. The quantitative estimate of drug-likeness (QED) is 0.363. The molecule has 1 aromatic carbocycles. The van der Waals surface area contributed by atoms with Crippen molar-refractivity contribution in [1.82, 2.24) is 29.3 Å². The molecule has 0 saturated carbocycles. The Balaban J connectivity index is 1.40. The lowest BCUT2D eigenvalue weighted by atomic mass is 9.95. The number of benzene rings is 1. The summed E-state index contributed by atoms with van der Waals surface area (Å²) in [6.45, 7) is 12.1. The summed E-state index contributed by atoms with van der Waals surface area (Å²) < 4.78 is 2.03. The van der Waals surface area contributed by atoms with Gasteiger partial charge in [-0.1, -0.05) is 32.4 Å². The van der Waals surface area contributed by atoms with Crippen molar-refractivity contribution < 1.29 is 4.79 Å². The van der Waals surface area contributed by atoms with Crippen LogP contribution < -0.4 is 0 Å². The van der Waals surface area contributed by atoms with Crippen molar-refractivity contribution in [3.8, 4) is 11.3 Å². The Kier molecular flexibility index (Phi) is 6.61. The molecule has 1 saturated heterocycles. The van der Waals surface area contributed by atoms with Gasteiger partial charge >= 0.3 is 0 Å². The average molecular weight is 523 g/mol. The lowest BCUT2D eigenvalue weighted by molar-refractivity contribution is 0.0627. The van der Waals surface area contributed by atoms with Crippen LogP contribution in [0.2, 0.25) is 5.02 Å². The third kappa shape index (κ3) is 4.90. The van der Waals surface area contributed by atoms with Gasteiger partial charge in [0.05, 0.1) is 27.0 Å². The highest BCUT2D eigenvalue weighted by atomic mass is 35.5. The molecule has 0 atom stereocenters. The highest BCUT2D eigenvalue weighted by molar-refractivity contribution is 7.09. The Morgan fingerprint density at radius 3 is 2.56 bits per heavy atom. The highest BCUT2D eigenvalue weighted by Gasteiger charge is 2.26. The van der Waals surface area contributed by atoms with Gasteiger partial charge in [0.25, 0.3) is 5.91 Å². The van der Waals surface area contributed by atoms with Crippen molar-refractivity contribution in [3.63, 3.8) is 0 Å². The molecule has 0 aliphatic carbocycles. The number of rotatable bonds is 4. The number of carbonyl (C=O) groups excluding carboxylic acids is 1. The summed E-state index contributed by atoms with van der Waals surface area (Å²) in [6.07, 6.45) is 3.85. The average Bonchev–Trinajstić information content (AvgIpc) is 3.40. The molecular formula is C27H31ClN6OS. The van der Waals surface area contributed by atoms with Crippen LogP contribution in [0.15, 0.2) is 36.0 Å². The number of hydrogen-bond acceptors (Lipinski definition) is 6. The van der Waals surface area contributed by atoms with E-state index >= 15 is 0 Å². The normalized spacial score (nSPS) is 15.1. The second-order valence-electron chi connectivity index (χ2n) is 10.4. The van der Waals surface area contributed by atoms with Crippen molar-refractivity contribution in [2.24, 2.45) is 7.05 Å². The first-order chi connectivity index (χ1) is 17.1. The maximum Gasteiger partial charge on any atom is 0.255 e. The topological polar surface area (TPSA) is 67.2 Å². The molecule has 3 aromatic heterocycles. The minimum Gasteiger partial charge on any atom is -0.350 e. The first kappa shape index (κ1) is 24.9. The molecule has 1 aliphatic rings. The number of nitrogens with zero attached hydrogens (tertiary/aromatic N) is 6. The van der Waals surface area contributed by atoms with E-state index in [0.717, 1.165) is 58.3 Å². The summed E-state index contributed by atoms with van der Waals surface area (Å²) in [5.41, 5.74) is 4.24. The number of piperazine rings is 1. The predicted octanol–water partition coefficient (Wildman–Crippen LogP) is 5.31. The standard InChI is InChI=1S/C27H31ClN6OS/c1-17-30-18(16-36-17)14-33-8-10-34(11-9-33)25(35)20-12-19-21(15-32(5)24(19)13-22(20)28)23-6-7-29-26(31-23)27(2,3)4/h6-7,12-13,15-16H,8-11,14H2,1-5H3. The molecule has 7 nitrogen and oxygen atoms in total. The molecule has 0 radical (unpaired) electrons. The van der Waals surface area contributed by atoms with Gasteiger partial charge in [0.2, 0.25) is 0 Å². The molecule has 1 fully saturated rings. The van der Waals surface area contributed by atoms with Crippen LogP contribution in [0.3, 0.4) is 0 Å². The zero-order valence-electron chi connectivity index (χ0n) is 21.4. The van der Waals surface area contributed by atoms with Gasteiger partial charge in [-0.05, 0) is 25.1 Å². The van der Waals surface area contributed by atoms with Crippen molar-refractivity contribution >= 4 is 39.7 Å². The zero-order chi connectivity index (χ0) is 25.6. The molecule has 0 unspecified atom stereocenters. The fourth-order valence-electron chi connectivity index (χ4n) is 4.63. The third-order valence-electron chi connectivity index (χ3n) is 6.62. The molecule has 5 rings (SSSR count). The molecule has 188 valence electrons. The first-order valence-corrected chi connectivity index (χ1v) is 13.4. The van der Waals surface area contributed by atoms with E-state index in [1.807, 2.05) is 47.8 Å². The highest BCUT2D eigenvalue weighted by Crippen LogP contribution is 2.34. The van der Waals surface area contributed by atoms with E-state index in [1.165, 1.54) is 0 Å². The van der Waals surface area contributed by atoms with E-state index in [9.17, 15) is 4.79 Å². The van der Waals surface area contributed by atoms with Crippen molar-refractivity contribution in [2.45, 2.75) is 39.7 Å². The van der Waals surface area contributed by atoms with Crippen LogP contribution in [0.5, 0.6) is 0 Å². The fraction of sp³-hybridized carbons (Fsp3) is 0.407. The Bertz CT molecular complexity index is 1430. The Hall–Kier alpha value is -2.81. The summed E-state index contributed by atoms with van der Waals surface area (Å²) in [5, 5.41) is 4.63. The van der Waals surface area contributed by atoms with Crippen molar-refractivity contribution in [3.05, 3.63) is 63.1 Å². The van der Waals surface area contributed by atoms with Crippen LogP contribution in [0.25, 0.3) is 22.2 Å². The SMILES string of the molecule is Cc1nc(CN2CCN(C(=O)c3cc4c(-c5ccnc(C(C)(C)C)n5)cn(C)c4cc3Cl)CC2)cs1.